The highest BCUT2D eigenvalue weighted by molar-refractivity contribution is 7.15. The van der Waals surface area contributed by atoms with Gasteiger partial charge < -0.3 is 4.74 Å². The van der Waals surface area contributed by atoms with E-state index >= 15 is 0 Å². The van der Waals surface area contributed by atoms with E-state index in [1.54, 1.807) is 0 Å². The maximum atomic E-state index is 12.6. The van der Waals surface area contributed by atoms with E-state index in [1.807, 2.05) is 6.07 Å². The zero-order chi connectivity index (χ0) is 20.4. The molecule has 3 aromatic rings. The third-order valence-electron chi connectivity index (χ3n) is 5.07. The molecule has 0 aliphatic heterocycles. The molecule has 29 heavy (non-hydrogen) atoms. The van der Waals surface area contributed by atoms with E-state index in [1.165, 1.54) is 47.1 Å². The lowest BCUT2D eigenvalue weighted by molar-refractivity contribution is -0.385. The number of anilines is 1. The van der Waals surface area contributed by atoms with Crippen LogP contribution in [-0.4, -0.2) is 22.9 Å². The smallest absolute Gasteiger partial charge is 0.311 e. The third kappa shape index (κ3) is 3.97. The molecule has 0 saturated carbocycles. The van der Waals surface area contributed by atoms with Gasteiger partial charge in [-0.1, -0.05) is 30.3 Å². The van der Waals surface area contributed by atoms with Crippen molar-refractivity contribution in [1.82, 2.24) is 4.98 Å². The zero-order valence-electron chi connectivity index (χ0n) is 15.8. The SMILES string of the molecule is COc1ccc(C(=O)Nc2nc3c(s2)CC(c2ccccc2)CC3)cc1[N+](=O)[O-]. The Morgan fingerprint density at radius 2 is 2.07 bits per heavy atom. The number of rotatable bonds is 5. The lowest BCUT2D eigenvalue weighted by Crippen LogP contribution is -2.12. The van der Waals surface area contributed by atoms with Crippen molar-refractivity contribution in [2.75, 3.05) is 12.4 Å². The quantitative estimate of drug-likeness (QED) is 0.491. The number of nitro groups is 1. The highest BCUT2D eigenvalue weighted by Crippen LogP contribution is 2.37. The number of nitrogens with zero attached hydrogens (tertiary/aromatic N) is 2. The van der Waals surface area contributed by atoms with Gasteiger partial charge in [-0.15, -0.1) is 11.3 Å². The minimum absolute atomic E-state index is 0.114. The van der Waals surface area contributed by atoms with Gasteiger partial charge in [-0.2, -0.15) is 0 Å². The molecular formula is C21H19N3O4S. The summed E-state index contributed by atoms with van der Waals surface area (Å²) >= 11 is 1.47. The second-order valence-corrected chi connectivity index (χ2v) is 7.92. The normalized spacial score (nSPS) is 15.4. The van der Waals surface area contributed by atoms with Gasteiger partial charge in [-0.3, -0.25) is 20.2 Å². The molecule has 0 spiro atoms. The van der Waals surface area contributed by atoms with Crippen molar-refractivity contribution < 1.29 is 14.5 Å². The van der Waals surface area contributed by atoms with Crippen LogP contribution >= 0.6 is 11.3 Å². The van der Waals surface area contributed by atoms with Crippen LogP contribution in [0, 0.1) is 10.1 Å². The van der Waals surface area contributed by atoms with E-state index in [4.69, 9.17) is 4.74 Å². The topological polar surface area (TPSA) is 94.4 Å². The fourth-order valence-electron chi connectivity index (χ4n) is 3.58. The summed E-state index contributed by atoms with van der Waals surface area (Å²) in [5.74, 6) is 0.140. The number of benzene rings is 2. The molecule has 1 amide bonds. The number of aryl methyl sites for hydroxylation is 1. The Morgan fingerprint density at radius 1 is 1.28 bits per heavy atom. The zero-order valence-corrected chi connectivity index (χ0v) is 16.6. The summed E-state index contributed by atoms with van der Waals surface area (Å²) in [6.45, 7) is 0. The second-order valence-electron chi connectivity index (χ2n) is 6.84. The van der Waals surface area contributed by atoms with E-state index in [9.17, 15) is 14.9 Å². The summed E-state index contributed by atoms with van der Waals surface area (Å²) < 4.78 is 4.98. The van der Waals surface area contributed by atoms with Gasteiger partial charge in [-0.25, -0.2) is 4.98 Å². The van der Waals surface area contributed by atoms with Gasteiger partial charge >= 0.3 is 5.69 Å². The minimum Gasteiger partial charge on any atom is -0.490 e. The molecule has 148 valence electrons. The van der Waals surface area contributed by atoms with Gasteiger partial charge in [0.15, 0.2) is 10.9 Å². The number of hydrogen-bond acceptors (Lipinski definition) is 6. The van der Waals surface area contributed by atoms with Crippen LogP contribution < -0.4 is 10.1 Å². The van der Waals surface area contributed by atoms with Gasteiger partial charge in [-0.05, 0) is 42.9 Å². The van der Waals surface area contributed by atoms with Gasteiger partial charge in [0.2, 0.25) is 0 Å². The first-order chi connectivity index (χ1) is 14.0. The van der Waals surface area contributed by atoms with Crippen LogP contribution in [0.5, 0.6) is 5.75 Å². The molecule has 1 aromatic heterocycles. The fourth-order valence-corrected chi connectivity index (χ4v) is 4.66. The Morgan fingerprint density at radius 3 is 2.79 bits per heavy atom. The Kier molecular flexibility index (Phi) is 5.26. The van der Waals surface area contributed by atoms with Crippen molar-refractivity contribution in [1.29, 1.82) is 0 Å². The molecule has 1 unspecified atom stereocenters. The van der Waals surface area contributed by atoms with Crippen LogP contribution in [0.3, 0.4) is 0 Å². The van der Waals surface area contributed by atoms with Crippen LogP contribution in [0.2, 0.25) is 0 Å². The Balaban J connectivity index is 1.50. The molecule has 1 heterocycles. The molecule has 1 aliphatic carbocycles. The van der Waals surface area contributed by atoms with Gasteiger partial charge in [0, 0.05) is 16.5 Å². The van der Waals surface area contributed by atoms with Gasteiger partial charge in [0.05, 0.1) is 17.7 Å². The average molecular weight is 409 g/mol. The number of methoxy groups -OCH3 is 1. The molecule has 1 N–H and O–H groups in total. The van der Waals surface area contributed by atoms with Crippen molar-refractivity contribution in [2.24, 2.45) is 0 Å². The molecule has 4 rings (SSSR count). The van der Waals surface area contributed by atoms with Crippen molar-refractivity contribution in [2.45, 2.75) is 25.2 Å². The number of amides is 1. The predicted molar refractivity (Wildman–Crippen MR) is 111 cm³/mol. The molecule has 0 fully saturated rings. The molecule has 1 atom stereocenters. The maximum absolute atomic E-state index is 12.6. The number of aromatic nitrogens is 1. The van der Waals surface area contributed by atoms with E-state index in [2.05, 4.69) is 34.6 Å². The van der Waals surface area contributed by atoms with Gasteiger partial charge in [0.25, 0.3) is 5.91 Å². The van der Waals surface area contributed by atoms with E-state index in [-0.39, 0.29) is 17.0 Å². The number of fused-ring (bicyclic) bond motifs is 1. The number of nitrogens with one attached hydrogen (secondary N) is 1. The second kappa shape index (κ2) is 8.00. The lowest BCUT2D eigenvalue weighted by atomic mass is 9.85. The van der Waals surface area contributed by atoms with Crippen LogP contribution in [0.15, 0.2) is 48.5 Å². The number of hydrogen-bond donors (Lipinski definition) is 1. The molecule has 0 saturated heterocycles. The average Bonchev–Trinajstić information content (AvgIpc) is 3.15. The first-order valence-electron chi connectivity index (χ1n) is 9.22. The highest BCUT2D eigenvalue weighted by atomic mass is 32.1. The Bertz CT molecular complexity index is 1070. The monoisotopic (exact) mass is 409 g/mol. The summed E-state index contributed by atoms with van der Waals surface area (Å²) in [5, 5.41) is 14.5. The summed E-state index contributed by atoms with van der Waals surface area (Å²) in [4.78, 5) is 28.9. The fraction of sp³-hybridized carbons (Fsp3) is 0.238. The Labute approximate surface area is 171 Å². The molecule has 0 bridgehead atoms. The molecule has 0 radical (unpaired) electrons. The van der Waals surface area contributed by atoms with Crippen LogP contribution in [0.4, 0.5) is 10.8 Å². The first kappa shape index (κ1) is 19.1. The van der Waals surface area contributed by atoms with E-state index in [0.717, 1.165) is 25.0 Å². The molecule has 2 aromatic carbocycles. The van der Waals surface area contributed by atoms with Crippen LogP contribution in [0.25, 0.3) is 0 Å². The van der Waals surface area contributed by atoms with E-state index in [0.29, 0.717) is 11.0 Å². The van der Waals surface area contributed by atoms with E-state index < -0.39 is 10.8 Å². The molecule has 8 heteroatoms. The van der Waals surface area contributed by atoms with Crippen LogP contribution in [0.1, 0.15) is 38.8 Å². The minimum atomic E-state index is -0.568. The molecular weight excluding hydrogens is 390 g/mol. The van der Waals surface area contributed by atoms with Crippen molar-refractivity contribution in [3.05, 3.63) is 80.3 Å². The summed E-state index contributed by atoms with van der Waals surface area (Å²) in [6, 6.07) is 14.6. The molecule has 7 nitrogen and oxygen atoms in total. The van der Waals surface area contributed by atoms with Crippen LogP contribution in [-0.2, 0) is 12.8 Å². The van der Waals surface area contributed by atoms with Crippen molar-refractivity contribution in [3.63, 3.8) is 0 Å². The largest absolute Gasteiger partial charge is 0.490 e. The number of thiazole rings is 1. The molecule has 1 aliphatic rings. The van der Waals surface area contributed by atoms with Crippen molar-refractivity contribution in [3.8, 4) is 5.75 Å². The Hall–Kier alpha value is -3.26. The maximum Gasteiger partial charge on any atom is 0.311 e. The number of ether oxygens (including phenoxy) is 1. The lowest BCUT2D eigenvalue weighted by Gasteiger charge is -2.21. The standard InChI is InChI=1S/C21H19N3O4S/c1-28-18-10-8-15(11-17(18)24(26)27)20(25)23-21-22-16-9-7-14(12-19(16)29-21)13-5-3-2-4-6-13/h2-6,8,10-11,14H,7,9,12H2,1H3,(H,22,23,25). The third-order valence-corrected chi connectivity index (χ3v) is 6.10. The predicted octanol–water partition coefficient (Wildman–Crippen LogP) is 4.58. The summed E-state index contributed by atoms with van der Waals surface area (Å²) in [7, 11) is 1.35. The summed E-state index contributed by atoms with van der Waals surface area (Å²) in [5.41, 5.74) is 2.29. The van der Waals surface area contributed by atoms with Crippen molar-refractivity contribution >= 4 is 28.1 Å². The van der Waals surface area contributed by atoms with Gasteiger partial charge in [0.1, 0.15) is 0 Å². The highest BCUT2D eigenvalue weighted by Gasteiger charge is 2.25. The number of carbonyl (C=O) groups excluding carboxylic acids is 1. The summed E-state index contributed by atoms with van der Waals surface area (Å²) in [6.07, 6.45) is 2.80. The number of nitro benzene ring substituents is 1. The first-order valence-corrected chi connectivity index (χ1v) is 10.0. The number of carbonyl (C=O) groups is 1.